The first kappa shape index (κ1) is 60.7. The summed E-state index contributed by atoms with van der Waals surface area (Å²) in [5.41, 5.74) is -1.43. The molecule has 79 heavy (non-hydrogen) atoms. The van der Waals surface area contributed by atoms with Crippen molar-refractivity contribution in [2.75, 3.05) is 14.2 Å². The van der Waals surface area contributed by atoms with E-state index in [9.17, 15) is 54.9 Å². The number of carboxylic acid groups (broad SMARTS) is 1. The van der Waals surface area contributed by atoms with Gasteiger partial charge in [-0.1, -0.05) is 0 Å². The van der Waals surface area contributed by atoms with Gasteiger partial charge in [-0.15, -0.1) is 0 Å². The highest BCUT2D eigenvalue weighted by Crippen LogP contribution is 2.48. The number of phenols is 2. The van der Waals surface area contributed by atoms with Gasteiger partial charge in [0.05, 0.1) is 59.8 Å². The molecule has 0 spiro atoms. The minimum absolute atomic E-state index is 0.00841. The first-order valence-corrected chi connectivity index (χ1v) is 26.7. The normalized spacial score (nSPS) is 40.3. The Hall–Kier alpha value is -4.42. The minimum atomic E-state index is -1.63. The van der Waals surface area contributed by atoms with Crippen LogP contribution in [-0.4, -0.2) is 208 Å². The number of hydrogen-bond acceptors (Lipinski definition) is 24. The third-order valence-corrected chi connectivity index (χ3v) is 15.9. The summed E-state index contributed by atoms with van der Waals surface area (Å²) in [5.74, 6) is -5.61. The van der Waals surface area contributed by atoms with Gasteiger partial charge in [0.1, 0.15) is 53.4 Å². The van der Waals surface area contributed by atoms with Crippen molar-refractivity contribution in [1.82, 2.24) is 0 Å². The monoisotopic (exact) mass is 1120 g/mol. The Bertz CT molecular complexity index is 2510. The largest absolute Gasteiger partial charge is 0.507 e. The molecule has 5 aliphatic heterocycles. The Morgan fingerprint density at radius 2 is 1.22 bits per heavy atom. The predicted octanol–water partition coefficient (Wildman–Crippen LogP) is 2.32. The molecule has 0 saturated carbocycles. The molecule has 6 aliphatic rings. The number of Topliss-reactive ketones (excluding diaryl/α,β-unsaturated/α-hetero) is 1. The summed E-state index contributed by atoms with van der Waals surface area (Å²) in [6.45, 7) is 13.7. The number of aromatic hydroxyl groups is 2. The number of ether oxygens (including phenoxy) is 14. The average Bonchev–Trinajstić information content (AvgIpc) is 3.50. The van der Waals surface area contributed by atoms with Crippen molar-refractivity contribution in [2.24, 2.45) is 5.92 Å². The fourth-order valence-corrected chi connectivity index (χ4v) is 12.0. The van der Waals surface area contributed by atoms with E-state index in [2.05, 4.69) is 0 Å². The van der Waals surface area contributed by atoms with E-state index in [1.807, 2.05) is 0 Å². The van der Waals surface area contributed by atoms with Crippen molar-refractivity contribution < 1.29 is 121 Å². The third-order valence-electron chi connectivity index (χ3n) is 15.9. The maximum atomic E-state index is 14.9. The number of carbonyl (C=O) groups is 4. The standard InChI is InChI=1S/C54H76O25/c1-20-32(75-38-18-35(49(24(5)71-38)73-26(7)55)78-36-15-31(57)48(66-10)23(4)70-36)14-29-12-28-13-30(51(67-11)53(63)64)50(47(62)42(28)46(61)41(29)43(20)58)79-39-17-33(44(59)22(3)69-39)76-37-16-34(45(60)21(2)68-37)77-40-19-54(9,65)52(25(6)72-40)74-27(8)56/h12,14,21-25,30-31,33-40,44-45,48-52,57-61,65H,13,15-19H2,1-11H3,(H,63,64). The molecule has 2 aromatic rings. The number of fused-ring (bicyclic) bond motifs is 2. The Morgan fingerprint density at radius 3 is 1.78 bits per heavy atom. The Morgan fingerprint density at radius 1 is 0.684 bits per heavy atom. The second-order valence-electron chi connectivity index (χ2n) is 21.8. The van der Waals surface area contributed by atoms with Gasteiger partial charge in [0.2, 0.25) is 6.29 Å². The number of benzene rings is 2. The van der Waals surface area contributed by atoms with Crippen molar-refractivity contribution in [1.29, 1.82) is 0 Å². The smallest absolute Gasteiger partial charge is 0.333 e. The lowest BCUT2D eigenvalue weighted by Gasteiger charge is -2.46. The van der Waals surface area contributed by atoms with E-state index < -0.39 is 176 Å². The second kappa shape index (κ2) is 24.6. The van der Waals surface area contributed by atoms with Crippen LogP contribution in [0.2, 0.25) is 0 Å². The highest BCUT2D eigenvalue weighted by molar-refractivity contribution is 6.11. The highest BCUT2D eigenvalue weighted by Gasteiger charge is 2.52. The molecule has 0 amide bonds. The van der Waals surface area contributed by atoms with Crippen molar-refractivity contribution >= 4 is 34.5 Å². The van der Waals surface area contributed by atoms with Crippen LogP contribution in [0.5, 0.6) is 17.2 Å². The van der Waals surface area contributed by atoms with Crippen molar-refractivity contribution in [3.8, 4) is 17.2 Å². The van der Waals surface area contributed by atoms with Crippen LogP contribution in [0.4, 0.5) is 0 Å². The Labute approximate surface area is 456 Å². The van der Waals surface area contributed by atoms with E-state index in [0.29, 0.717) is 0 Å². The topological polar surface area (TPSA) is 339 Å². The van der Waals surface area contributed by atoms with E-state index in [4.69, 9.17) is 66.3 Å². The number of carbonyl (C=O) groups excluding carboxylic acids is 3. The zero-order valence-corrected chi connectivity index (χ0v) is 46.1. The molecule has 5 fully saturated rings. The van der Waals surface area contributed by atoms with Crippen LogP contribution < -0.4 is 4.74 Å². The molecule has 0 bridgehead atoms. The molecule has 25 nitrogen and oxygen atoms in total. The van der Waals surface area contributed by atoms with E-state index in [-0.39, 0.29) is 71.7 Å². The first-order valence-electron chi connectivity index (χ1n) is 26.7. The number of aliphatic carboxylic acids is 1. The van der Waals surface area contributed by atoms with Gasteiger partial charge in [0, 0.05) is 71.7 Å². The van der Waals surface area contributed by atoms with Gasteiger partial charge in [0.15, 0.2) is 49.3 Å². The summed E-state index contributed by atoms with van der Waals surface area (Å²) in [6.07, 6.45) is -21.8. The van der Waals surface area contributed by atoms with Crippen LogP contribution in [0.25, 0.3) is 10.8 Å². The van der Waals surface area contributed by atoms with E-state index in [1.54, 1.807) is 34.6 Å². The van der Waals surface area contributed by atoms with Crippen LogP contribution in [-0.2, 0) is 82.4 Å². The minimum Gasteiger partial charge on any atom is -0.507 e. The van der Waals surface area contributed by atoms with Gasteiger partial charge in [-0.25, -0.2) is 4.79 Å². The number of rotatable bonds is 16. The number of carboxylic acids is 1. The van der Waals surface area contributed by atoms with Gasteiger partial charge < -0.3 is 102 Å². The molecule has 1 aliphatic carbocycles. The summed E-state index contributed by atoms with van der Waals surface area (Å²) >= 11 is 0. The molecular weight excluding hydrogens is 1050 g/mol. The molecule has 442 valence electrons. The lowest BCUT2D eigenvalue weighted by molar-refractivity contribution is -0.334. The molecule has 5 heterocycles. The molecule has 0 radical (unpaired) electrons. The summed E-state index contributed by atoms with van der Waals surface area (Å²) in [6, 6.07) is 3.05. The Kier molecular flexibility index (Phi) is 18.9. The highest BCUT2D eigenvalue weighted by atomic mass is 16.7. The SMILES string of the molecule is COC(C(=O)O)C1Cc2cc3cc(OC4CC(OC5CC(O)C(OC)C(C)O5)C(OC(C)=O)C(C)O4)c(C)c(O)c3c(O)c2C(=O)C1OC1CC(OC2CC(OC3CC(C)(O)C(OC(C)=O)C(C)O3)C(O)C(C)O2)C(O)C(C)O1. The molecule has 8 rings (SSSR count). The van der Waals surface area contributed by atoms with E-state index in [0.717, 1.165) is 0 Å². The zero-order valence-electron chi connectivity index (χ0n) is 46.1. The third kappa shape index (κ3) is 13.0. The Balaban J connectivity index is 1.00. The van der Waals surface area contributed by atoms with Crippen LogP contribution >= 0.6 is 0 Å². The van der Waals surface area contributed by atoms with E-state index >= 15 is 0 Å². The lowest BCUT2D eigenvalue weighted by Crippen LogP contribution is -2.59. The summed E-state index contributed by atoms with van der Waals surface area (Å²) in [4.78, 5) is 51.6. The van der Waals surface area contributed by atoms with Crippen molar-refractivity contribution in [2.45, 2.75) is 236 Å². The van der Waals surface area contributed by atoms with Crippen LogP contribution in [0.1, 0.15) is 109 Å². The molecule has 25 heteroatoms. The number of methoxy groups -OCH3 is 2. The van der Waals surface area contributed by atoms with Gasteiger partial charge in [0.25, 0.3) is 0 Å². The number of phenolic OH excluding ortho intramolecular Hbond substituents is 2. The van der Waals surface area contributed by atoms with Crippen LogP contribution in [0.3, 0.4) is 0 Å². The molecule has 23 unspecified atom stereocenters. The number of esters is 2. The number of aliphatic hydroxyl groups is 4. The number of aliphatic hydroxyl groups excluding tert-OH is 3. The number of hydrogen-bond donors (Lipinski definition) is 7. The molecule has 5 saturated heterocycles. The van der Waals surface area contributed by atoms with Gasteiger partial charge >= 0.3 is 17.9 Å². The van der Waals surface area contributed by atoms with E-state index in [1.165, 1.54) is 54.0 Å². The molecule has 23 atom stereocenters. The maximum absolute atomic E-state index is 14.9. The van der Waals surface area contributed by atoms with Crippen LogP contribution in [0.15, 0.2) is 12.1 Å². The molecule has 7 N–H and O–H groups in total. The fraction of sp³-hybridized carbons (Fsp3) is 0.741. The van der Waals surface area contributed by atoms with Gasteiger partial charge in [-0.05, 0) is 78.0 Å². The summed E-state index contributed by atoms with van der Waals surface area (Å²) < 4.78 is 83.6. The quantitative estimate of drug-likeness (QED) is 0.119. The molecule has 2 aromatic carbocycles. The van der Waals surface area contributed by atoms with Crippen LogP contribution in [0, 0.1) is 12.8 Å². The molecular formula is C54H76O25. The number of ketones is 1. The van der Waals surface area contributed by atoms with Gasteiger partial charge in [-0.2, -0.15) is 0 Å². The average molecular weight is 1130 g/mol. The zero-order chi connectivity index (χ0) is 57.7. The van der Waals surface area contributed by atoms with Crippen molar-refractivity contribution in [3.63, 3.8) is 0 Å². The summed E-state index contributed by atoms with van der Waals surface area (Å²) in [7, 11) is 2.64. The maximum Gasteiger partial charge on any atom is 0.333 e. The lowest BCUT2D eigenvalue weighted by atomic mass is 9.76. The second-order valence-corrected chi connectivity index (χ2v) is 21.8. The summed E-state index contributed by atoms with van der Waals surface area (Å²) in [5, 5.41) is 78.9. The molecule has 0 aromatic heterocycles. The van der Waals surface area contributed by atoms with Crippen molar-refractivity contribution in [3.05, 3.63) is 28.8 Å². The van der Waals surface area contributed by atoms with Gasteiger partial charge in [-0.3, -0.25) is 14.4 Å². The fourth-order valence-electron chi connectivity index (χ4n) is 12.0. The first-order chi connectivity index (χ1) is 37.2. The predicted molar refractivity (Wildman–Crippen MR) is 267 cm³/mol.